The van der Waals surface area contributed by atoms with Crippen molar-refractivity contribution in [3.8, 4) is 5.75 Å². The van der Waals surface area contributed by atoms with E-state index in [-0.39, 0.29) is 24.0 Å². The fraction of sp³-hybridized carbons (Fsp3) is 0.632. The number of methoxy groups -OCH3 is 1. The van der Waals surface area contributed by atoms with Gasteiger partial charge in [0.15, 0.2) is 5.78 Å². The highest BCUT2D eigenvalue weighted by Gasteiger charge is 2.66. The molecular formula is C19H25NO4. The van der Waals surface area contributed by atoms with Crippen molar-refractivity contribution in [3.63, 3.8) is 0 Å². The molecule has 2 N–H and O–H groups in total. The average molecular weight is 331 g/mol. The number of carbonyl (C=O) groups is 1. The number of hydrogen-bond donors (Lipinski definition) is 2. The predicted molar refractivity (Wildman–Crippen MR) is 89.2 cm³/mol. The van der Waals surface area contributed by atoms with Crippen molar-refractivity contribution in [2.75, 3.05) is 20.7 Å². The third-order valence-corrected chi connectivity index (χ3v) is 6.78. The van der Waals surface area contributed by atoms with E-state index in [0.717, 1.165) is 23.2 Å². The molecule has 130 valence electrons. The van der Waals surface area contributed by atoms with Crippen molar-refractivity contribution >= 4 is 5.78 Å². The maximum Gasteiger partial charge on any atom is 0.162 e. The van der Waals surface area contributed by atoms with E-state index in [1.807, 2.05) is 26.1 Å². The molecule has 3 aliphatic rings. The molecule has 1 saturated heterocycles. The summed E-state index contributed by atoms with van der Waals surface area (Å²) in [6, 6.07) is 3.91. The molecule has 4 rings (SSSR count). The predicted octanol–water partition coefficient (Wildman–Crippen LogP) is 1.31. The molecule has 1 aliphatic heterocycles. The Balaban J connectivity index is 1.98. The molecule has 0 amide bonds. The van der Waals surface area contributed by atoms with Crippen molar-refractivity contribution in [1.29, 1.82) is 0 Å². The number of carbonyl (C=O) groups excluding carboxylic acids is 1. The standard InChI is InChI=1S/C19H25NO4/c1-11-4-5-12-8-15-19(23)10-14(24-3)13(21)9-18(19,6-7-20(15)2)16(12)17(11)22/h4-5,14-15,22-23H,6-10H2,1-3H3/t14?,15-,18-,19-/m0/s1. The minimum Gasteiger partial charge on any atom is -0.507 e. The van der Waals surface area contributed by atoms with E-state index in [0.29, 0.717) is 19.3 Å². The molecule has 24 heavy (non-hydrogen) atoms. The topological polar surface area (TPSA) is 70.0 Å². The van der Waals surface area contributed by atoms with E-state index in [9.17, 15) is 15.0 Å². The largest absolute Gasteiger partial charge is 0.507 e. The Bertz CT molecular complexity index is 718. The second kappa shape index (κ2) is 5.04. The second-order valence-electron chi connectivity index (χ2n) is 7.79. The van der Waals surface area contributed by atoms with Crippen LogP contribution in [0.25, 0.3) is 0 Å². The van der Waals surface area contributed by atoms with E-state index < -0.39 is 17.1 Å². The molecule has 2 aliphatic carbocycles. The van der Waals surface area contributed by atoms with Gasteiger partial charge in [-0.15, -0.1) is 0 Å². The van der Waals surface area contributed by atoms with Gasteiger partial charge in [0.2, 0.25) is 0 Å². The van der Waals surface area contributed by atoms with Gasteiger partial charge in [-0.1, -0.05) is 12.1 Å². The van der Waals surface area contributed by atoms with Gasteiger partial charge in [-0.25, -0.2) is 0 Å². The first-order valence-corrected chi connectivity index (χ1v) is 8.64. The first-order valence-electron chi connectivity index (χ1n) is 8.64. The Labute approximate surface area is 142 Å². The SMILES string of the molecule is COC1C[C@]2(O)[C@@H]3Cc4ccc(C)c(O)c4[C@]2(CCN3C)CC1=O. The minimum absolute atomic E-state index is 0.0271. The molecule has 0 radical (unpaired) electrons. The summed E-state index contributed by atoms with van der Waals surface area (Å²) >= 11 is 0. The Kier molecular flexibility index (Phi) is 3.37. The van der Waals surface area contributed by atoms with Crippen molar-refractivity contribution in [2.45, 2.75) is 55.8 Å². The number of rotatable bonds is 1. The molecular weight excluding hydrogens is 306 g/mol. The van der Waals surface area contributed by atoms with Gasteiger partial charge in [0.05, 0.1) is 5.60 Å². The smallest absolute Gasteiger partial charge is 0.162 e. The quantitative estimate of drug-likeness (QED) is 0.812. The number of aryl methyl sites for hydroxylation is 1. The van der Waals surface area contributed by atoms with Crippen LogP contribution in [0.3, 0.4) is 0 Å². The van der Waals surface area contributed by atoms with Gasteiger partial charge in [-0.05, 0) is 44.5 Å². The second-order valence-corrected chi connectivity index (χ2v) is 7.79. The number of likely N-dealkylation sites (tertiary alicyclic amines) is 1. The zero-order valence-corrected chi connectivity index (χ0v) is 14.5. The Hall–Kier alpha value is -1.43. The zero-order chi connectivity index (χ0) is 17.3. The maximum atomic E-state index is 12.7. The highest BCUT2D eigenvalue weighted by atomic mass is 16.5. The van der Waals surface area contributed by atoms with Gasteiger partial charge in [0.1, 0.15) is 11.9 Å². The summed E-state index contributed by atoms with van der Waals surface area (Å²) in [4.78, 5) is 14.9. The number of hydrogen-bond acceptors (Lipinski definition) is 5. The van der Waals surface area contributed by atoms with Crippen molar-refractivity contribution in [1.82, 2.24) is 4.90 Å². The Morgan fingerprint density at radius 3 is 2.83 bits per heavy atom. The van der Waals surface area contributed by atoms with Crippen LogP contribution in [-0.2, 0) is 21.4 Å². The normalized spacial score (nSPS) is 38.6. The highest BCUT2D eigenvalue weighted by molar-refractivity contribution is 5.87. The first kappa shape index (κ1) is 16.1. The molecule has 1 unspecified atom stereocenters. The lowest BCUT2D eigenvalue weighted by molar-refractivity contribution is -0.188. The van der Waals surface area contributed by atoms with E-state index in [4.69, 9.17) is 4.74 Å². The number of Topliss-reactive ketones (excluding diaryl/α,β-unsaturated/α-hetero) is 1. The summed E-state index contributed by atoms with van der Waals surface area (Å²) in [7, 11) is 3.56. The summed E-state index contributed by atoms with van der Waals surface area (Å²) in [6.45, 7) is 2.68. The Morgan fingerprint density at radius 1 is 1.38 bits per heavy atom. The summed E-state index contributed by atoms with van der Waals surface area (Å²) in [5.41, 5.74) is 0.886. The van der Waals surface area contributed by atoms with Crippen molar-refractivity contribution in [3.05, 3.63) is 28.8 Å². The molecule has 1 aromatic carbocycles. The van der Waals surface area contributed by atoms with Gasteiger partial charge in [0.25, 0.3) is 0 Å². The fourth-order valence-electron chi connectivity index (χ4n) is 5.42. The number of phenolic OH excluding ortho intramolecular Hbond substituents is 1. The zero-order valence-electron chi connectivity index (χ0n) is 14.5. The van der Waals surface area contributed by atoms with Crippen LogP contribution >= 0.6 is 0 Å². The molecule has 0 aromatic heterocycles. The molecule has 5 heteroatoms. The molecule has 2 bridgehead atoms. The van der Waals surface area contributed by atoms with Crippen LogP contribution in [0, 0.1) is 6.92 Å². The number of ketones is 1. The molecule has 0 spiro atoms. The van der Waals surface area contributed by atoms with Gasteiger partial charge < -0.3 is 19.8 Å². The van der Waals surface area contributed by atoms with Gasteiger partial charge in [0, 0.05) is 37.0 Å². The van der Waals surface area contributed by atoms with Crippen molar-refractivity contribution in [2.24, 2.45) is 0 Å². The number of ether oxygens (including phenoxy) is 1. The summed E-state index contributed by atoms with van der Waals surface area (Å²) in [6.07, 6.45) is 1.32. The fourth-order valence-corrected chi connectivity index (χ4v) is 5.42. The lowest BCUT2D eigenvalue weighted by atomic mass is 9.48. The van der Waals surface area contributed by atoms with Gasteiger partial charge in [-0.3, -0.25) is 4.79 Å². The van der Waals surface area contributed by atoms with Gasteiger partial charge >= 0.3 is 0 Å². The number of aliphatic hydroxyl groups is 1. The van der Waals surface area contributed by atoms with E-state index in [2.05, 4.69) is 4.90 Å². The highest BCUT2D eigenvalue weighted by Crippen LogP contribution is 2.59. The van der Waals surface area contributed by atoms with Crippen LogP contribution in [0.15, 0.2) is 12.1 Å². The van der Waals surface area contributed by atoms with Crippen LogP contribution in [0.4, 0.5) is 0 Å². The van der Waals surface area contributed by atoms with E-state index in [1.165, 1.54) is 7.11 Å². The molecule has 1 saturated carbocycles. The lowest BCUT2D eigenvalue weighted by Gasteiger charge is -2.63. The van der Waals surface area contributed by atoms with Crippen LogP contribution < -0.4 is 0 Å². The Morgan fingerprint density at radius 2 is 2.12 bits per heavy atom. The maximum absolute atomic E-state index is 12.7. The van der Waals surface area contributed by atoms with Crippen molar-refractivity contribution < 1.29 is 19.7 Å². The number of piperidine rings is 1. The van der Waals surface area contributed by atoms with E-state index in [1.54, 1.807) is 0 Å². The van der Waals surface area contributed by atoms with Crippen LogP contribution in [0.1, 0.15) is 36.0 Å². The average Bonchev–Trinajstić information content (AvgIpc) is 2.54. The lowest BCUT2D eigenvalue weighted by Crippen LogP contribution is -2.74. The minimum atomic E-state index is -1.06. The first-order chi connectivity index (χ1) is 11.3. The third kappa shape index (κ3) is 1.78. The van der Waals surface area contributed by atoms with Crippen LogP contribution in [0.2, 0.25) is 0 Å². The third-order valence-electron chi connectivity index (χ3n) is 6.78. The van der Waals surface area contributed by atoms with Gasteiger partial charge in [-0.2, -0.15) is 0 Å². The number of benzene rings is 1. The number of nitrogens with zero attached hydrogens (tertiary/aromatic N) is 1. The monoisotopic (exact) mass is 331 g/mol. The van der Waals surface area contributed by atoms with Crippen LogP contribution in [-0.4, -0.2) is 59.3 Å². The summed E-state index contributed by atoms with van der Waals surface area (Å²) < 4.78 is 5.37. The molecule has 2 fully saturated rings. The van der Waals surface area contributed by atoms with E-state index >= 15 is 0 Å². The number of phenols is 1. The van der Waals surface area contributed by atoms with Crippen LogP contribution in [0.5, 0.6) is 5.75 Å². The number of fused-ring (bicyclic) bond motifs is 1. The summed E-state index contributed by atoms with van der Waals surface area (Å²) in [5, 5.41) is 22.6. The molecule has 1 heterocycles. The summed E-state index contributed by atoms with van der Waals surface area (Å²) in [5.74, 6) is 0.275. The number of likely N-dealkylation sites (N-methyl/N-ethyl adjacent to an activating group) is 1. The molecule has 4 atom stereocenters. The molecule has 1 aromatic rings. The number of aromatic hydroxyl groups is 1. The molecule has 5 nitrogen and oxygen atoms in total.